The second kappa shape index (κ2) is 4.95. The maximum atomic E-state index is 9.79. The van der Waals surface area contributed by atoms with Crippen molar-refractivity contribution >= 4 is 0 Å². The van der Waals surface area contributed by atoms with Crippen molar-refractivity contribution in [1.29, 1.82) is 0 Å². The predicted octanol–water partition coefficient (Wildman–Crippen LogP) is -1.16. The van der Waals surface area contributed by atoms with E-state index >= 15 is 0 Å². The summed E-state index contributed by atoms with van der Waals surface area (Å²) in [5, 5.41) is 30.4. The Morgan fingerprint density at radius 1 is 1.25 bits per heavy atom. The predicted molar refractivity (Wildman–Crippen MR) is 54.2 cm³/mol. The zero-order valence-corrected chi connectivity index (χ0v) is 9.32. The van der Waals surface area contributed by atoms with Crippen molar-refractivity contribution in [2.45, 2.75) is 50.4 Å². The first-order valence-corrected chi connectivity index (χ1v) is 5.72. The lowest BCUT2D eigenvalue weighted by Crippen LogP contribution is -2.63. The Hall–Kier alpha value is -0.240. The molecule has 0 saturated carbocycles. The van der Waals surface area contributed by atoms with E-state index in [1.807, 2.05) is 6.92 Å². The molecular formula is C10H19NO5. The molecule has 0 aromatic carbocycles. The molecule has 2 aliphatic rings. The highest BCUT2D eigenvalue weighted by Gasteiger charge is 2.45. The molecule has 2 heterocycles. The Morgan fingerprint density at radius 2 is 2.00 bits per heavy atom. The van der Waals surface area contributed by atoms with Crippen LogP contribution in [0.3, 0.4) is 0 Å². The molecule has 5 atom stereocenters. The van der Waals surface area contributed by atoms with Crippen molar-refractivity contribution in [3.63, 3.8) is 0 Å². The topological polar surface area (TPSA) is 82.4 Å². The number of hydroxylamine groups is 2. The molecule has 2 aliphatic heterocycles. The van der Waals surface area contributed by atoms with Crippen LogP contribution < -0.4 is 0 Å². The number of fused-ring (bicyclic) bond motifs is 1. The van der Waals surface area contributed by atoms with Crippen LogP contribution in [-0.4, -0.2) is 64.2 Å². The van der Waals surface area contributed by atoms with E-state index in [0.717, 1.165) is 0 Å². The van der Waals surface area contributed by atoms with Gasteiger partial charge in [-0.1, -0.05) is 0 Å². The van der Waals surface area contributed by atoms with Gasteiger partial charge >= 0.3 is 0 Å². The summed E-state index contributed by atoms with van der Waals surface area (Å²) < 4.78 is 5.34. The van der Waals surface area contributed by atoms with E-state index in [1.54, 1.807) is 0 Å². The van der Waals surface area contributed by atoms with Crippen LogP contribution in [0.25, 0.3) is 0 Å². The van der Waals surface area contributed by atoms with Gasteiger partial charge in [0.25, 0.3) is 0 Å². The van der Waals surface area contributed by atoms with Gasteiger partial charge in [0.2, 0.25) is 0 Å². The van der Waals surface area contributed by atoms with Gasteiger partial charge in [-0.05, 0) is 13.3 Å². The van der Waals surface area contributed by atoms with Crippen LogP contribution in [-0.2, 0) is 9.57 Å². The first-order chi connectivity index (χ1) is 7.63. The molecule has 2 fully saturated rings. The molecule has 16 heavy (non-hydrogen) atoms. The van der Waals surface area contributed by atoms with Gasteiger partial charge in [-0.2, -0.15) is 5.06 Å². The average molecular weight is 233 g/mol. The van der Waals surface area contributed by atoms with Gasteiger partial charge in [0, 0.05) is 13.0 Å². The van der Waals surface area contributed by atoms with Crippen LogP contribution in [0.5, 0.6) is 0 Å². The molecule has 6 nitrogen and oxygen atoms in total. The van der Waals surface area contributed by atoms with E-state index in [-0.39, 0.29) is 18.9 Å². The Balaban J connectivity index is 1.98. The second-order valence-corrected chi connectivity index (χ2v) is 4.28. The van der Waals surface area contributed by atoms with Crippen molar-refractivity contribution in [2.75, 3.05) is 13.2 Å². The first-order valence-electron chi connectivity index (χ1n) is 5.72. The zero-order valence-electron chi connectivity index (χ0n) is 9.32. The number of aliphatic hydroxyl groups excluding tert-OH is 3. The molecule has 0 aromatic heterocycles. The second-order valence-electron chi connectivity index (χ2n) is 4.28. The number of ether oxygens (including phenoxy) is 1. The average Bonchev–Trinajstić information content (AvgIpc) is 2.26. The van der Waals surface area contributed by atoms with E-state index in [0.29, 0.717) is 19.4 Å². The lowest BCUT2D eigenvalue weighted by atomic mass is 9.91. The molecule has 0 aliphatic carbocycles. The van der Waals surface area contributed by atoms with Gasteiger partial charge in [-0.3, -0.25) is 4.84 Å². The summed E-state index contributed by atoms with van der Waals surface area (Å²) in [7, 11) is 0. The van der Waals surface area contributed by atoms with Crippen molar-refractivity contribution in [2.24, 2.45) is 0 Å². The third-order valence-electron chi connectivity index (χ3n) is 3.18. The van der Waals surface area contributed by atoms with E-state index in [2.05, 4.69) is 0 Å². The number of rotatable bonds is 2. The fourth-order valence-corrected chi connectivity index (χ4v) is 2.30. The summed E-state index contributed by atoms with van der Waals surface area (Å²) >= 11 is 0. The first kappa shape index (κ1) is 12.2. The minimum Gasteiger partial charge on any atom is -0.389 e. The minimum atomic E-state index is -1.09. The fourth-order valence-electron chi connectivity index (χ4n) is 2.30. The highest BCUT2D eigenvalue weighted by molar-refractivity contribution is 4.93. The van der Waals surface area contributed by atoms with Crippen LogP contribution in [0.4, 0.5) is 0 Å². The van der Waals surface area contributed by atoms with Crippen molar-refractivity contribution < 1.29 is 24.9 Å². The number of piperidine rings is 1. The van der Waals surface area contributed by atoms with Crippen LogP contribution in [0.2, 0.25) is 0 Å². The van der Waals surface area contributed by atoms with E-state index in [4.69, 9.17) is 9.57 Å². The quantitative estimate of drug-likeness (QED) is 0.558. The van der Waals surface area contributed by atoms with Gasteiger partial charge in [0.15, 0.2) is 6.29 Å². The van der Waals surface area contributed by atoms with Crippen LogP contribution >= 0.6 is 0 Å². The third-order valence-corrected chi connectivity index (χ3v) is 3.18. The molecule has 0 amide bonds. The lowest BCUT2D eigenvalue weighted by Gasteiger charge is -2.46. The van der Waals surface area contributed by atoms with Gasteiger partial charge in [-0.15, -0.1) is 0 Å². The molecule has 0 radical (unpaired) electrons. The maximum absolute atomic E-state index is 9.79. The minimum absolute atomic E-state index is 0.201. The van der Waals surface area contributed by atoms with Gasteiger partial charge in [-0.25, -0.2) is 0 Å². The van der Waals surface area contributed by atoms with E-state index in [9.17, 15) is 15.3 Å². The van der Waals surface area contributed by atoms with Crippen molar-refractivity contribution in [3.8, 4) is 0 Å². The molecule has 0 spiro atoms. The number of hydrogen-bond donors (Lipinski definition) is 3. The number of aliphatic hydroxyl groups is 3. The highest BCUT2D eigenvalue weighted by atomic mass is 16.8. The normalized spacial score (nSPS) is 45.4. The molecule has 0 unspecified atom stereocenters. The van der Waals surface area contributed by atoms with Crippen molar-refractivity contribution in [3.05, 3.63) is 0 Å². The van der Waals surface area contributed by atoms with Crippen LogP contribution in [0.15, 0.2) is 0 Å². The molecule has 2 rings (SSSR count). The highest BCUT2D eigenvalue weighted by Crippen LogP contribution is 2.29. The largest absolute Gasteiger partial charge is 0.389 e. The Morgan fingerprint density at radius 3 is 2.69 bits per heavy atom. The summed E-state index contributed by atoms with van der Waals surface area (Å²) in [5.74, 6) is 0. The molecule has 0 aromatic rings. The zero-order chi connectivity index (χ0) is 11.7. The Kier molecular flexibility index (Phi) is 3.78. The summed E-state index contributed by atoms with van der Waals surface area (Å²) in [6, 6.07) is -0.255. The molecule has 6 heteroatoms. The standard InChI is InChI=1S/C10H19NO5/c1-2-15-8-4-3-6-9(13)10(14)7(12)5-11(6)16-8/h6-10,12-14H,2-5H2,1H3/t6-,7+,8+,9+,10+/m1/s1. The molecule has 0 bridgehead atoms. The van der Waals surface area contributed by atoms with Crippen LogP contribution in [0, 0.1) is 0 Å². The molecule has 94 valence electrons. The SMILES string of the molecule is CCO[C@@H]1CC[C@@H]2[C@H](O)[C@@H](O)[C@@H](O)CN2O1. The molecule has 2 saturated heterocycles. The van der Waals surface area contributed by atoms with E-state index in [1.165, 1.54) is 5.06 Å². The maximum Gasteiger partial charge on any atom is 0.177 e. The number of hydrogen-bond acceptors (Lipinski definition) is 6. The van der Waals surface area contributed by atoms with E-state index < -0.39 is 18.3 Å². The third kappa shape index (κ3) is 2.22. The monoisotopic (exact) mass is 233 g/mol. The smallest absolute Gasteiger partial charge is 0.177 e. The van der Waals surface area contributed by atoms with Crippen molar-refractivity contribution in [1.82, 2.24) is 5.06 Å². The fraction of sp³-hybridized carbons (Fsp3) is 1.00. The summed E-state index contributed by atoms with van der Waals surface area (Å²) in [6.07, 6.45) is -1.97. The Bertz CT molecular complexity index is 239. The van der Waals surface area contributed by atoms with Gasteiger partial charge in [0.05, 0.1) is 18.7 Å². The molecular weight excluding hydrogens is 214 g/mol. The van der Waals surface area contributed by atoms with Crippen LogP contribution in [0.1, 0.15) is 19.8 Å². The lowest BCUT2D eigenvalue weighted by molar-refractivity contribution is -0.352. The summed E-state index contributed by atoms with van der Waals surface area (Å²) in [6.45, 7) is 2.66. The summed E-state index contributed by atoms with van der Waals surface area (Å²) in [4.78, 5) is 5.50. The summed E-state index contributed by atoms with van der Waals surface area (Å²) in [5.41, 5.74) is 0. The van der Waals surface area contributed by atoms with Gasteiger partial charge in [0.1, 0.15) is 12.2 Å². The van der Waals surface area contributed by atoms with Gasteiger partial charge < -0.3 is 20.1 Å². The molecule has 3 N–H and O–H groups in total. The Labute approximate surface area is 94.3 Å². The number of nitrogens with zero attached hydrogens (tertiary/aromatic N) is 1.